The van der Waals surface area contributed by atoms with Gasteiger partial charge in [0.2, 0.25) is 0 Å². The molecule has 0 aliphatic carbocycles. The molecule has 3 fully saturated rings. The summed E-state index contributed by atoms with van der Waals surface area (Å²) in [5.74, 6) is 1.77. The summed E-state index contributed by atoms with van der Waals surface area (Å²) >= 11 is 0. The molecule has 0 saturated carbocycles. The van der Waals surface area contributed by atoms with Gasteiger partial charge in [-0.2, -0.15) is 0 Å². The molecular formula is C14H26N2O. The number of rotatable bonds is 1. The molecule has 0 amide bonds. The number of hydrogen-bond acceptors (Lipinski definition) is 3. The van der Waals surface area contributed by atoms with Crippen LogP contribution in [0.1, 0.15) is 34.1 Å². The molecule has 0 aromatic carbocycles. The number of fused-ring (bicyclic) bond motifs is 1. The zero-order chi connectivity index (χ0) is 12.3. The summed E-state index contributed by atoms with van der Waals surface area (Å²) in [7, 11) is 0. The first-order valence-corrected chi connectivity index (χ1v) is 7.02. The molecule has 3 aliphatic rings. The van der Waals surface area contributed by atoms with Crippen molar-refractivity contribution in [1.82, 2.24) is 10.2 Å². The van der Waals surface area contributed by atoms with Crippen LogP contribution in [0.3, 0.4) is 0 Å². The molecule has 3 nitrogen and oxygen atoms in total. The molecule has 3 heterocycles. The van der Waals surface area contributed by atoms with E-state index in [1.54, 1.807) is 0 Å². The highest BCUT2D eigenvalue weighted by Gasteiger charge is 2.51. The van der Waals surface area contributed by atoms with Gasteiger partial charge in [-0.3, -0.25) is 4.90 Å². The summed E-state index contributed by atoms with van der Waals surface area (Å²) in [5, 5.41) is 3.51. The number of nitrogens with zero attached hydrogens (tertiary/aromatic N) is 1. The second-order valence-corrected chi connectivity index (χ2v) is 7.32. The SMILES string of the molecule is CC1(C)CC(N2CC3CNCC3C2)C(C)(C)O1. The first kappa shape index (κ1) is 11.9. The zero-order valence-electron chi connectivity index (χ0n) is 11.6. The highest BCUT2D eigenvalue weighted by atomic mass is 16.5. The van der Waals surface area contributed by atoms with Crippen molar-refractivity contribution in [2.24, 2.45) is 11.8 Å². The summed E-state index contributed by atoms with van der Waals surface area (Å²) in [4.78, 5) is 2.70. The highest BCUT2D eigenvalue weighted by Crippen LogP contribution is 2.42. The van der Waals surface area contributed by atoms with Gasteiger partial charge in [-0.25, -0.2) is 0 Å². The van der Waals surface area contributed by atoms with Gasteiger partial charge < -0.3 is 10.1 Å². The van der Waals surface area contributed by atoms with Crippen LogP contribution in [0, 0.1) is 11.8 Å². The molecule has 0 radical (unpaired) electrons. The molecule has 0 spiro atoms. The Morgan fingerprint density at radius 2 is 1.65 bits per heavy atom. The molecule has 3 aliphatic heterocycles. The molecule has 0 bridgehead atoms. The summed E-state index contributed by atoms with van der Waals surface area (Å²) < 4.78 is 6.23. The smallest absolute Gasteiger partial charge is 0.0789 e. The van der Waals surface area contributed by atoms with Crippen LogP contribution in [0.5, 0.6) is 0 Å². The lowest BCUT2D eigenvalue weighted by molar-refractivity contribution is -0.0793. The van der Waals surface area contributed by atoms with Crippen LogP contribution in [0.15, 0.2) is 0 Å². The highest BCUT2D eigenvalue weighted by molar-refractivity contribution is 5.04. The first-order valence-electron chi connectivity index (χ1n) is 7.02. The number of ether oxygens (including phenoxy) is 1. The van der Waals surface area contributed by atoms with Gasteiger partial charge >= 0.3 is 0 Å². The lowest BCUT2D eigenvalue weighted by Gasteiger charge is -2.34. The molecule has 3 atom stereocenters. The maximum absolute atomic E-state index is 6.23. The van der Waals surface area contributed by atoms with Crippen molar-refractivity contribution in [1.29, 1.82) is 0 Å². The van der Waals surface area contributed by atoms with Crippen molar-refractivity contribution in [3.8, 4) is 0 Å². The van der Waals surface area contributed by atoms with Crippen LogP contribution in [0.25, 0.3) is 0 Å². The van der Waals surface area contributed by atoms with Crippen molar-refractivity contribution >= 4 is 0 Å². The van der Waals surface area contributed by atoms with E-state index in [1.807, 2.05) is 0 Å². The average Bonchev–Trinajstić information content (AvgIpc) is 2.74. The van der Waals surface area contributed by atoms with Crippen molar-refractivity contribution in [3.05, 3.63) is 0 Å². The molecule has 3 rings (SSSR count). The minimum absolute atomic E-state index is 0.00949. The predicted octanol–water partition coefficient (Wildman–Crippen LogP) is 1.48. The Hall–Kier alpha value is -0.120. The van der Waals surface area contributed by atoms with Crippen LogP contribution in [0.2, 0.25) is 0 Å². The van der Waals surface area contributed by atoms with Crippen molar-refractivity contribution in [3.63, 3.8) is 0 Å². The molecule has 17 heavy (non-hydrogen) atoms. The van der Waals surface area contributed by atoms with Crippen LogP contribution in [-0.2, 0) is 4.74 Å². The number of nitrogens with one attached hydrogen (secondary N) is 1. The third-order valence-electron chi connectivity index (χ3n) is 4.89. The van der Waals surface area contributed by atoms with Gasteiger partial charge in [0.05, 0.1) is 11.2 Å². The summed E-state index contributed by atoms with van der Waals surface area (Å²) in [5.41, 5.74) is 0.0552. The Morgan fingerprint density at radius 3 is 2.12 bits per heavy atom. The molecular weight excluding hydrogens is 212 g/mol. The second kappa shape index (κ2) is 3.69. The normalized spacial score (nSPS) is 44.1. The first-order chi connectivity index (χ1) is 7.87. The fraction of sp³-hybridized carbons (Fsp3) is 1.00. The maximum atomic E-state index is 6.23. The minimum Gasteiger partial charge on any atom is -0.368 e. The summed E-state index contributed by atoms with van der Waals surface area (Å²) in [6.45, 7) is 14.0. The van der Waals surface area contributed by atoms with E-state index in [1.165, 1.54) is 32.6 Å². The lowest BCUT2D eigenvalue weighted by atomic mass is 9.93. The Balaban J connectivity index is 1.73. The van der Waals surface area contributed by atoms with Gasteiger partial charge in [0.1, 0.15) is 0 Å². The zero-order valence-corrected chi connectivity index (χ0v) is 11.6. The van der Waals surface area contributed by atoms with Crippen molar-refractivity contribution in [2.45, 2.75) is 51.4 Å². The van der Waals surface area contributed by atoms with E-state index in [-0.39, 0.29) is 11.2 Å². The van der Waals surface area contributed by atoms with Gasteiger partial charge in [-0.15, -0.1) is 0 Å². The topological polar surface area (TPSA) is 24.5 Å². The Bertz CT molecular complexity index is 301. The largest absolute Gasteiger partial charge is 0.368 e. The van der Waals surface area contributed by atoms with Crippen molar-refractivity contribution < 1.29 is 4.74 Å². The third-order valence-corrected chi connectivity index (χ3v) is 4.89. The Labute approximate surface area is 105 Å². The molecule has 0 aromatic rings. The molecule has 98 valence electrons. The average molecular weight is 238 g/mol. The molecule has 3 heteroatoms. The fourth-order valence-corrected chi connectivity index (χ4v) is 4.25. The van der Waals surface area contributed by atoms with Crippen LogP contribution >= 0.6 is 0 Å². The summed E-state index contributed by atoms with van der Waals surface area (Å²) in [6, 6.07) is 0.600. The quantitative estimate of drug-likeness (QED) is 0.749. The molecule has 1 N–H and O–H groups in total. The van der Waals surface area contributed by atoms with E-state index in [2.05, 4.69) is 37.9 Å². The minimum atomic E-state index is 0.00949. The molecule has 0 aromatic heterocycles. The van der Waals surface area contributed by atoms with Crippen molar-refractivity contribution in [2.75, 3.05) is 26.2 Å². The van der Waals surface area contributed by atoms with Gasteiger partial charge in [0, 0.05) is 19.1 Å². The van der Waals surface area contributed by atoms with Crippen LogP contribution < -0.4 is 5.32 Å². The number of hydrogen-bond donors (Lipinski definition) is 1. The number of likely N-dealkylation sites (tertiary alicyclic amines) is 1. The van der Waals surface area contributed by atoms with Gasteiger partial charge in [0.25, 0.3) is 0 Å². The van der Waals surface area contributed by atoms with Crippen LogP contribution in [0.4, 0.5) is 0 Å². The van der Waals surface area contributed by atoms with E-state index in [0.717, 1.165) is 11.8 Å². The third kappa shape index (κ3) is 2.02. The van der Waals surface area contributed by atoms with E-state index < -0.39 is 0 Å². The van der Waals surface area contributed by atoms with Gasteiger partial charge in [-0.05, 0) is 59.0 Å². The molecule has 3 unspecified atom stereocenters. The summed E-state index contributed by atoms with van der Waals surface area (Å²) in [6.07, 6.45) is 1.17. The standard InChI is InChI=1S/C14H26N2O/c1-13(2)5-12(14(3,4)17-13)16-8-10-6-15-7-11(10)9-16/h10-12,15H,5-9H2,1-4H3. The van der Waals surface area contributed by atoms with E-state index in [9.17, 15) is 0 Å². The van der Waals surface area contributed by atoms with Crippen LogP contribution in [-0.4, -0.2) is 48.3 Å². The predicted molar refractivity (Wildman–Crippen MR) is 69.1 cm³/mol. The van der Waals surface area contributed by atoms with Gasteiger partial charge in [-0.1, -0.05) is 0 Å². The Kier molecular flexibility index (Phi) is 2.59. The van der Waals surface area contributed by atoms with E-state index in [0.29, 0.717) is 6.04 Å². The Morgan fingerprint density at radius 1 is 1.06 bits per heavy atom. The monoisotopic (exact) mass is 238 g/mol. The molecule has 3 saturated heterocycles. The fourth-order valence-electron chi connectivity index (χ4n) is 4.25. The second-order valence-electron chi connectivity index (χ2n) is 7.32. The van der Waals surface area contributed by atoms with E-state index in [4.69, 9.17) is 4.74 Å². The van der Waals surface area contributed by atoms with Gasteiger partial charge in [0.15, 0.2) is 0 Å². The maximum Gasteiger partial charge on any atom is 0.0789 e. The lowest BCUT2D eigenvalue weighted by Crippen LogP contribution is -2.46. The van der Waals surface area contributed by atoms with E-state index >= 15 is 0 Å².